The predicted molar refractivity (Wildman–Crippen MR) is 61.5 cm³/mol. The number of hydrogen-bond acceptors (Lipinski definition) is 2. The van der Waals surface area contributed by atoms with Crippen molar-refractivity contribution >= 4 is 5.97 Å². The van der Waals surface area contributed by atoms with E-state index in [-0.39, 0.29) is 5.97 Å². The van der Waals surface area contributed by atoms with Crippen LogP contribution in [0.1, 0.15) is 47.0 Å². The second-order valence-electron chi connectivity index (χ2n) is 5.28. The zero-order chi connectivity index (χ0) is 11.5. The maximum atomic E-state index is 10.5. The highest BCUT2D eigenvalue weighted by Gasteiger charge is 2.44. The van der Waals surface area contributed by atoms with E-state index >= 15 is 0 Å². The lowest BCUT2D eigenvalue weighted by Crippen LogP contribution is -1.98. The molecule has 0 N–H and O–H groups in total. The number of esters is 1. The summed E-state index contributed by atoms with van der Waals surface area (Å²) < 4.78 is 4.86. The molecule has 0 aromatic rings. The smallest absolute Gasteiger partial charge is 0.302 e. The molecule has 0 bridgehead atoms. The van der Waals surface area contributed by atoms with E-state index in [2.05, 4.69) is 20.8 Å². The van der Waals surface area contributed by atoms with E-state index in [0.29, 0.717) is 12.0 Å². The molecule has 1 aliphatic rings. The summed E-state index contributed by atoms with van der Waals surface area (Å²) >= 11 is 0. The molecule has 15 heavy (non-hydrogen) atoms. The molecule has 0 radical (unpaired) electrons. The van der Waals surface area contributed by atoms with Gasteiger partial charge in [0.1, 0.15) is 6.61 Å². The number of allylic oxidation sites excluding steroid dienone is 1. The molecule has 2 nitrogen and oxygen atoms in total. The van der Waals surface area contributed by atoms with Gasteiger partial charge in [0.25, 0.3) is 0 Å². The Kier molecular flexibility index (Phi) is 3.95. The third-order valence-electron chi connectivity index (χ3n) is 3.32. The van der Waals surface area contributed by atoms with Crippen LogP contribution in [-0.2, 0) is 9.53 Å². The first-order valence-corrected chi connectivity index (χ1v) is 5.71. The zero-order valence-electron chi connectivity index (χ0n) is 10.3. The SMILES string of the molecule is CC(=O)OC/C=C(\C)CCC1CC1(C)C. The van der Waals surface area contributed by atoms with E-state index in [0.717, 1.165) is 12.3 Å². The summed E-state index contributed by atoms with van der Waals surface area (Å²) in [6.45, 7) is 8.63. The first kappa shape index (κ1) is 12.3. The van der Waals surface area contributed by atoms with Crippen molar-refractivity contribution in [1.82, 2.24) is 0 Å². The largest absolute Gasteiger partial charge is 0.462 e. The van der Waals surface area contributed by atoms with Gasteiger partial charge in [0.05, 0.1) is 0 Å². The average molecular weight is 210 g/mol. The molecule has 1 unspecified atom stereocenters. The lowest BCUT2D eigenvalue weighted by atomic mass is 10.0. The first-order valence-electron chi connectivity index (χ1n) is 5.71. The number of ether oxygens (including phenoxy) is 1. The molecular formula is C13H22O2. The Morgan fingerprint density at radius 2 is 2.07 bits per heavy atom. The average Bonchev–Trinajstić information content (AvgIpc) is 2.70. The van der Waals surface area contributed by atoms with Crippen LogP contribution in [0.5, 0.6) is 0 Å². The Bertz CT molecular complexity index is 264. The molecule has 0 aromatic carbocycles. The second-order valence-corrected chi connectivity index (χ2v) is 5.28. The number of carbonyl (C=O) groups excluding carboxylic acids is 1. The van der Waals surface area contributed by atoms with Crippen LogP contribution >= 0.6 is 0 Å². The van der Waals surface area contributed by atoms with Gasteiger partial charge in [0.15, 0.2) is 0 Å². The summed E-state index contributed by atoms with van der Waals surface area (Å²) in [7, 11) is 0. The lowest BCUT2D eigenvalue weighted by Gasteiger charge is -2.04. The zero-order valence-corrected chi connectivity index (χ0v) is 10.3. The Morgan fingerprint density at radius 1 is 1.47 bits per heavy atom. The summed E-state index contributed by atoms with van der Waals surface area (Å²) in [4.78, 5) is 10.5. The summed E-state index contributed by atoms with van der Waals surface area (Å²) in [5.41, 5.74) is 1.91. The van der Waals surface area contributed by atoms with Gasteiger partial charge in [-0.25, -0.2) is 0 Å². The van der Waals surface area contributed by atoms with Gasteiger partial charge in [-0.2, -0.15) is 0 Å². The molecule has 0 saturated heterocycles. The van der Waals surface area contributed by atoms with Crippen molar-refractivity contribution in [3.05, 3.63) is 11.6 Å². The monoisotopic (exact) mass is 210 g/mol. The van der Waals surface area contributed by atoms with Gasteiger partial charge in [-0.15, -0.1) is 0 Å². The topological polar surface area (TPSA) is 26.3 Å². The normalized spacial score (nSPS) is 23.7. The van der Waals surface area contributed by atoms with Crippen molar-refractivity contribution < 1.29 is 9.53 Å². The molecule has 0 aromatic heterocycles. The van der Waals surface area contributed by atoms with Crippen molar-refractivity contribution in [3.63, 3.8) is 0 Å². The lowest BCUT2D eigenvalue weighted by molar-refractivity contribution is -0.139. The van der Waals surface area contributed by atoms with Crippen molar-refractivity contribution in [1.29, 1.82) is 0 Å². The van der Waals surface area contributed by atoms with Gasteiger partial charge in [-0.05, 0) is 43.6 Å². The van der Waals surface area contributed by atoms with Crippen molar-refractivity contribution in [2.45, 2.75) is 47.0 Å². The van der Waals surface area contributed by atoms with E-state index in [1.807, 2.05) is 6.08 Å². The summed E-state index contributed by atoms with van der Waals surface area (Å²) in [5, 5.41) is 0. The molecule has 0 amide bonds. The fourth-order valence-corrected chi connectivity index (χ4v) is 1.87. The molecular weight excluding hydrogens is 188 g/mol. The Hall–Kier alpha value is -0.790. The van der Waals surface area contributed by atoms with Crippen LogP contribution < -0.4 is 0 Å². The predicted octanol–water partition coefficient (Wildman–Crippen LogP) is 3.32. The number of carbonyl (C=O) groups is 1. The third-order valence-corrected chi connectivity index (χ3v) is 3.32. The van der Waals surface area contributed by atoms with Gasteiger partial charge in [0, 0.05) is 6.92 Å². The van der Waals surface area contributed by atoms with Crippen LogP contribution in [0.3, 0.4) is 0 Å². The van der Waals surface area contributed by atoms with Crippen molar-refractivity contribution in [2.75, 3.05) is 6.61 Å². The standard InChI is InChI=1S/C13H22O2/c1-10(7-8-15-11(2)14)5-6-12-9-13(12,3)4/h7,12H,5-6,8-9H2,1-4H3/b10-7+. The van der Waals surface area contributed by atoms with Crippen LogP contribution in [0, 0.1) is 11.3 Å². The van der Waals surface area contributed by atoms with Crippen LogP contribution in [-0.4, -0.2) is 12.6 Å². The fraction of sp³-hybridized carbons (Fsp3) is 0.769. The quantitative estimate of drug-likeness (QED) is 0.514. The second kappa shape index (κ2) is 4.82. The highest BCUT2D eigenvalue weighted by Crippen LogP contribution is 2.54. The van der Waals surface area contributed by atoms with Gasteiger partial charge in [-0.1, -0.05) is 19.4 Å². The van der Waals surface area contributed by atoms with E-state index in [1.165, 1.54) is 25.3 Å². The van der Waals surface area contributed by atoms with Crippen LogP contribution in [0.2, 0.25) is 0 Å². The molecule has 1 rings (SSSR count). The Labute approximate surface area is 92.7 Å². The molecule has 1 fully saturated rings. The summed E-state index contributed by atoms with van der Waals surface area (Å²) in [5.74, 6) is 0.692. The molecule has 1 aliphatic carbocycles. The van der Waals surface area contributed by atoms with Gasteiger partial charge in [0.2, 0.25) is 0 Å². The molecule has 86 valence electrons. The highest BCUT2D eigenvalue weighted by molar-refractivity contribution is 5.66. The maximum absolute atomic E-state index is 10.5. The van der Waals surface area contributed by atoms with Gasteiger partial charge in [-0.3, -0.25) is 4.79 Å². The first-order chi connectivity index (χ1) is 6.92. The van der Waals surface area contributed by atoms with Crippen LogP contribution in [0.15, 0.2) is 11.6 Å². The Balaban J connectivity index is 2.13. The minimum Gasteiger partial charge on any atom is -0.462 e. The van der Waals surface area contributed by atoms with Crippen LogP contribution in [0.4, 0.5) is 0 Å². The van der Waals surface area contributed by atoms with Crippen molar-refractivity contribution in [2.24, 2.45) is 11.3 Å². The Morgan fingerprint density at radius 3 is 2.53 bits per heavy atom. The minimum atomic E-state index is -0.206. The molecule has 0 spiro atoms. The maximum Gasteiger partial charge on any atom is 0.302 e. The van der Waals surface area contributed by atoms with Crippen molar-refractivity contribution in [3.8, 4) is 0 Å². The molecule has 1 atom stereocenters. The molecule has 0 aliphatic heterocycles. The fourth-order valence-electron chi connectivity index (χ4n) is 1.87. The molecule has 0 heterocycles. The van der Waals surface area contributed by atoms with Gasteiger partial charge >= 0.3 is 5.97 Å². The van der Waals surface area contributed by atoms with E-state index in [4.69, 9.17) is 4.74 Å². The highest BCUT2D eigenvalue weighted by atomic mass is 16.5. The van der Waals surface area contributed by atoms with E-state index in [1.54, 1.807) is 0 Å². The number of rotatable bonds is 5. The van der Waals surface area contributed by atoms with E-state index in [9.17, 15) is 4.79 Å². The third kappa shape index (κ3) is 4.50. The molecule has 2 heteroatoms. The minimum absolute atomic E-state index is 0.206. The van der Waals surface area contributed by atoms with E-state index < -0.39 is 0 Å². The summed E-state index contributed by atoms with van der Waals surface area (Å²) in [6.07, 6.45) is 5.78. The number of hydrogen-bond donors (Lipinski definition) is 0. The van der Waals surface area contributed by atoms with Crippen LogP contribution in [0.25, 0.3) is 0 Å². The van der Waals surface area contributed by atoms with Gasteiger partial charge < -0.3 is 4.74 Å². The molecule has 1 saturated carbocycles. The summed E-state index contributed by atoms with van der Waals surface area (Å²) in [6, 6.07) is 0.